The molecule has 0 bridgehead atoms. The van der Waals surface area contributed by atoms with Crippen LogP contribution in [0.15, 0.2) is 36.7 Å². The molecule has 0 spiro atoms. The van der Waals surface area contributed by atoms with Crippen molar-refractivity contribution in [3.05, 3.63) is 42.2 Å². The maximum absolute atomic E-state index is 13.1. The molecule has 0 atom stereocenters. The topological polar surface area (TPSA) is 65.8 Å². The van der Waals surface area contributed by atoms with E-state index in [4.69, 9.17) is 14.2 Å². The molecule has 1 aliphatic carbocycles. The number of benzene rings is 1. The van der Waals surface area contributed by atoms with Gasteiger partial charge in [0, 0.05) is 39.1 Å². The summed E-state index contributed by atoms with van der Waals surface area (Å²) in [5.41, 5.74) is 3.47. The minimum atomic E-state index is -0.398. The molecule has 1 fully saturated rings. The van der Waals surface area contributed by atoms with E-state index in [1.165, 1.54) is 31.2 Å². The van der Waals surface area contributed by atoms with Gasteiger partial charge >= 0.3 is 0 Å². The molecular weight excluding hydrogens is 418 g/mol. The average molecular weight is 458 g/mol. The highest BCUT2D eigenvalue weighted by Gasteiger charge is 2.27. The van der Waals surface area contributed by atoms with Crippen LogP contribution < -0.4 is 0 Å². The molecule has 1 aliphatic rings. The number of hydrogen-bond donors (Lipinski definition) is 0. The van der Waals surface area contributed by atoms with E-state index in [1.807, 2.05) is 29.0 Å². The number of methoxy groups -OCH3 is 2. The molecule has 2 aromatic rings. The molecule has 1 amide bonds. The first-order valence-electron chi connectivity index (χ1n) is 12.1. The third kappa shape index (κ3) is 7.95. The fourth-order valence-electron chi connectivity index (χ4n) is 4.50. The third-order valence-electron chi connectivity index (χ3n) is 6.42. The maximum atomic E-state index is 13.1. The van der Waals surface area contributed by atoms with Crippen molar-refractivity contribution in [3.8, 4) is 11.1 Å². The van der Waals surface area contributed by atoms with Gasteiger partial charge in [0.1, 0.15) is 0 Å². The molecule has 7 heteroatoms. The Labute approximate surface area is 198 Å². The van der Waals surface area contributed by atoms with Crippen LogP contribution in [-0.4, -0.2) is 66.9 Å². The number of carbonyl (C=O) groups excluding carboxylic acids is 1. The highest BCUT2D eigenvalue weighted by Crippen LogP contribution is 2.23. The summed E-state index contributed by atoms with van der Waals surface area (Å²) in [5.74, 6) is 0.125. The van der Waals surface area contributed by atoms with E-state index in [-0.39, 0.29) is 11.9 Å². The van der Waals surface area contributed by atoms with Crippen molar-refractivity contribution in [3.63, 3.8) is 0 Å². The lowest BCUT2D eigenvalue weighted by Crippen LogP contribution is -2.45. The Morgan fingerprint density at radius 2 is 1.88 bits per heavy atom. The van der Waals surface area contributed by atoms with Crippen LogP contribution in [0.25, 0.3) is 11.1 Å². The molecule has 0 saturated heterocycles. The summed E-state index contributed by atoms with van der Waals surface area (Å²) in [5, 5.41) is 4.25. The summed E-state index contributed by atoms with van der Waals surface area (Å²) < 4.78 is 18.4. The van der Waals surface area contributed by atoms with Crippen LogP contribution >= 0.6 is 0 Å². The summed E-state index contributed by atoms with van der Waals surface area (Å²) >= 11 is 0. The fraction of sp³-hybridized carbons (Fsp3) is 0.615. The zero-order valence-corrected chi connectivity index (χ0v) is 20.4. The first-order chi connectivity index (χ1) is 16.1. The number of aromatic nitrogens is 2. The lowest BCUT2D eigenvalue weighted by atomic mass is 10.0. The van der Waals surface area contributed by atoms with Crippen LogP contribution in [-0.2, 0) is 32.5 Å². The van der Waals surface area contributed by atoms with Crippen molar-refractivity contribution in [2.75, 3.05) is 34.0 Å². The predicted octanol–water partition coefficient (Wildman–Crippen LogP) is 4.21. The molecular formula is C26H39N3O4. The molecule has 1 heterocycles. The van der Waals surface area contributed by atoms with Crippen LogP contribution in [0.4, 0.5) is 0 Å². The zero-order valence-electron chi connectivity index (χ0n) is 20.4. The van der Waals surface area contributed by atoms with E-state index in [2.05, 4.69) is 29.4 Å². The maximum Gasteiger partial charge on any atom is 0.225 e. The van der Waals surface area contributed by atoms with E-state index < -0.39 is 6.29 Å². The van der Waals surface area contributed by atoms with Gasteiger partial charge in [0.2, 0.25) is 5.91 Å². The van der Waals surface area contributed by atoms with Crippen LogP contribution in [0.1, 0.15) is 50.5 Å². The highest BCUT2D eigenvalue weighted by molar-refractivity contribution is 5.76. The van der Waals surface area contributed by atoms with Gasteiger partial charge in [-0.1, -0.05) is 49.9 Å². The quantitative estimate of drug-likeness (QED) is 0.271. The first kappa shape index (κ1) is 25.4. The van der Waals surface area contributed by atoms with Gasteiger partial charge in [0.25, 0.3) is 0 Å². The summed E-state index contributed by atoms with van der Waals surface area (Å²) in [6.45, 7) is 1.48. The molecule has 1 aromatic carbocycles. The van der Waals surface area contributed by atoms with Crippen molar-refractivity contribution < 1.29 is 19.0 Å². The smallest absolute Gasteiger partial charge is 0.225 e. The minimum absolute atomic E-state index is 0.125. The molecule has 33 heavy (non-hydrogen) atoms. The molecule has 1 saturated carbocycles. The van der Waals surface area contributed by atoms with Gasteiger partial charge in [0.15, 0.2) is 6.29 Å². The molecule has 3 rings (SSSR count). The summed E-state index contributed by atoms with van der Waals surface area (Å²) in [4.78, 5) is 15.1. The van der Waals surface area contributed by atoms with Crippen LogP contribution in [0.5, 0.6) is 0 Å². The summed E-state index contributed by atoms with van der Waals surface area (Å²) in [6.07, 6.45) is 11.6. The van der Waals surface area contributed by atoms with Crippen LogP contribution in [0.2, 0.25) is 0 Å². The van der Waals surface area contributed by atoms with E-state index in [0.29, 0.717) is 26.2 Å². The number of nitrogens with zero attached hydrogens (tertiary/aromatic N) is 3. The van der Waals surface area contributed by atoms with Gasteiger partial charge < -0.3 is 19.1 Å². The molecule has 0 radical (unpaired) electrons. The van der Waals surface area contributed by atoms with Crippen molar-refractivity contribution in [1.29, 1.82) is 0 Å². The summed E-state index contributed by atoms with van der Waals surface area (Å²) in [6, 6.07) is 8.71. The normalized spacial score (nSPS) is 15.0. The van der Waals surface area contributed by atoms with E-state index in [1.54, 1.807) is 14.2 Å². The molecule has 182 valence electrons. The van der Waals surface area contributed by atoms with Crippen molar-refractivity contribution in [2.24, 2.45) is 7.05 Å². The fourth-order valence-corrected chi connectivity index (χ4v) is 4.50. The Bertz CT molecular complexity index is 842. The van der Waals surface area contributed by atoms with E-state index >= 15 is 0 Å². The minimum Gasteiger partial charge on any atom is -0.381 e. The van der Waals surface area contributed by atoms with E-state index in [9.17, 15) is 4.79 Å². The predicted molar refractivity (Wildman–Crippen MR) is 129 cm³/mol. The third-order valence-corrected chi connectivity index (χ3v) is 6.42. The first-order valence-corrected chi connectivity index (χ1v) is 12.1. The van der Waals surface area contributed by atoms with E-state index in [0.717, 1.165) is 30.4 Å². The second-order valence-corrected chi connectivity index (χ2v) is 8.81. The van der Waals surface area contributed by atoms with Crippen LogP contribution in [0.3, 0.4) is 0 Å². The number of amides is 1. The standard InChI is InChI=1S/C26H39N3O4/c1-28-19-23(18-27-28)22-10-8-9-21(17-22)13-15-33-16-14-25(30)29(20-26(31-2)32-3)24-11-6-4-5-7-12-24/h8-10,17-19,24,26H,4-7,11-16,20H2,1-3H3. The lowest BCUT2D eigenvalue weighted by Gasteiger charge is -2.33. The number of aryl methyl sites for hydroxylation is 1. The van der Waals surface area contributed by atoms with Crippen molar-refractivity contribution >= 4 is 5.91 Å². The van der Waals surface area contributed by atoms with Crippen LogP contribution in [0, 0.1) is 0 Å². The monoisotopic (exact) mass is 457 g/mol. The lowest BCUT2D eigenvalue weighted by molar-refractivity contribution is -0.150. The molecule has 0 aliphatic heterocycles. The largest absolute Gasteiger partial charge is 0.381 e. The van der Waals surface area contributed by atoms with Gasteiger partial charge in [0.05, 0.1) is 32.4 Å². The second kappa shape index (κ2) is 13.5. The van der Waals surface area contributed by atoms with Crippen molar-refractivity contribution in [1.82, 2.24) is 14.7 Å². The molecule has 1 aromatic heterocycles. The molecule has 0 N–H and O–H groups in total. The van der Waals surface area contributed by atoms with Gasteiger partial charge in [-0.15, -0.1) is 0 Å². The Balaban J connectivity index is 1.47. The Morgan fingerprint density at radius 1 is 1.12 bits per heavy atom. The number of carbonyl (C=O) groups is 1. The average Bonchev–Trinajstić information content (AvgIpc) is 3.09. The Kier molecular flexibility index (Phi) is 10.4. The van der Waals surface area contributed by atoms with Gasteiger partial charge in [-0.2, -0.15) is 5.10 Å². The number of hydrogen-bond acceptors (Lipinski definition) is 5. The van der Waals surface area contributed by atoms with Gasteiger partial charge in [-0.25, -0.2) is 0 Å². The SMILES string of the molecule is COC(CN(C(=O)CCOCCc1cccc(-c2cnn(C)c2)c1)C1CCCCCC1)OC. The highest BCUT2D eigenvalue weighted by atomic mass is 16.7. The van der Waals surface area contributed by atoms with Crippen molar-refractivity contribution in [2.45, 2.75) is 63.7 Å². The number of ether oxygens (including phenoxy) is 3. The Morgan fingerprint density at radius 3 is 2.55 bits per heavy atom. The summed E-state index contributed by atoms with van der Waals surface area (Å²) in [7, 11) is 5.16. The molecule has 7 nitrogen and oxygen atoms in total. The second-order valence-electron chi connectivity index (χ2n) is 8.81. The van der Waals surface area contributed by atoms with Gasteiger partial charge in [-0.3, -0.25) is 9.48 Å². The number of rotatable bonds is 12. The Hall–Kier alpha value is -2.22. The molecule has 0 unspecified atom stereocenters. The van der Waals surface area contributed by atoms with Gasteiger partial charge in [-0.05, 0) is 30.4 Å². The zero-order chi connectivity index (χ0) is 23.5.